The monoisotopic (exact) mass is 618 g/mol. The number of hydrogen-bond donors (Lipinski definition) is 1. The first-order chi connectivity index (χ1) is 21.3. The average Bonchev–Trinajstić information content (AvgIpc) is 3.54. The van der Waals surface area contributed by atoms with Gasteiger partial charge in [0.05, 0.1) is 35.5 Å². The van der Waals surface area contributed by atoms with Crippen molar-refractivity contribution in [1.82, 2.24) is 9.80 Å². The summed E-state index contributed by atoms with van der Waals surface area (Å²) in [6, 6.07) is 15.0. The Balaban J connectivity index is 1.40. The minimum atomic E-state index is -4.89. The number of amides is 4. The number of rotatable bonds is 6. The van der Waals surface area contributed by atoms with Crippen LogP contribution in [0.4, 0.5) is 39.4 Å². The summed E-state index contributed by atoms with van der Waals surface area (Å²) in [7, 11) is 0. The Morgan fingerprint density at radius 1 is 1.04 bits per heavy atom. The number of likely N-dealkylation sites (tertiary alicyclic amines) is 1. The molecule has 230 valence electrons. The number of alkyl halides is 3. The molecule has 3 aromatic rings. The zero-order valence-corrected chi connectivity index (χ0v) is 24.2. The fourth-order valence-electron chi connectivity index (χ4n) is 5.47. The Hall–Kier alpha value is -5.43. The number of carbonyl (C=O) groups is 3. The number of nitriles is 2. The van der Waals surface area contributed by atoms with Crippen molar-refractivity contribution in [3.8, 4) is 12.1 Å². The van der Waals surface area contributed by atoms with Crippen molar-refractivity contribution < 1.29 is 31.9 Å². The van der Waals surface area contributed by atoms with E-state index in [-0.39, 0.29) is 23.8 Å². The van der Waals surface area contributed by atoms with E-state index >= 15 is 0 Å². The minimum absolute atomic E-state index is 0.208. The lowest BCUT2D eigenvalue weighted by Crippen LogP contribution is -2.43. The molecule has 2 aliphatic heterocycles. The highest BCUT2D eigenvalue weighted by molar-refractivity contribution is 6.23. The molecular weight excluding hydrogens is 592 g/mol. The van der Waals surface area contributed by atoms with Gasteiger partial charge in [-0.25, -0.2) is 14.1 Å². The zero-order valence-electron chi connectivity index (χ0n) is 24.2. The molecule has 1 N–H and O–H groups in total. The average molecular weight is 619 g/mol. The molecule has 13 heteroatoms. The number of anilines is 3. The summed E-state index contributed by atoms with van der Waals surface area (Å²) in [5.74, 6) is -1.64. The normalized spacial score (nSPS) is 17.8. The summed E-state index contributed by atoms with van der Waals surface area (Å²) < 4.78 is 55.2. The molecule has 0 aliphatic carbocycles. The van der Waals surface area contributed by atoms with Crippen LogP contribution < -0.4 is 10.2 Å². The quantitative estimate of drug-likeness (QED) is 0.255. The molecule has 2 heterocycles. The van der Waals surface area contributed by atoms with Crippen LogP contribution in [-0.2, 0) is 17.5 Å². The minimum Gasteiger partial charge on any atom is -0.355 e. The van der Waals surface area contributed by atoms with Crippen LogP contribution in [0.25, 0.3) is 0 Å². The van der Waals surface area contributed by atoms with E-state index in [2.05, 4.69) is 11.4 Å². The van der Waals surface area contributed by atoms with E-state index in [0.717, 1.165) is 18.6 Å². The van der Waals surface area contributed by atoms with E-state index in [9.17, 15) is 37.2 Å². The van der Waals surface area contributed by atoms with Gasteiger partial charge in [0.2, 0.25) is 0 Å². The summed E-state index contributed by atoms with van der Waals surface area (Å²) in [6.07, 6.45) is -3.53. The molecule has 0 radical (unpaired) electrons. The molecule has 3 aromatic carbocycles. The molecular formula is C32H26F4N6O3. The Morgan fingerprint density at radius 3 is 2.40 bits per heavy atom. The van der Waals surface area contributed by atoms with Gasteiger partial charge >= 0.3 is 12.2 Å². The first-order valence-electron chi connectivity index (χ1n) is 13.9. The maximum Gasteiger partial charge on any atom is 0.417 e. The predicted octanol–water partition coefficient (Wildman–Crippen LogP) is 6.34. The van der Waals surface area contributed by atoms with Gasteiger partial charge in [0, 0.05) is 23.5 Å². The van der Waals surface area contributed by atoms with Gasteiger partial charge in [0.25, 0.3) is 11.8 Å². The van der Waals surface area contributed by atoms with E-state index in [4.69, 9.17) is 5.26 Å². The Morgan fingerprint density at radius 2 is 1.76 bits per heavy atom. The molecule has 9 nitrogen and oxygen atoms in total. The summed E-state index contributed by atoms with van der Waals surface area (Å²) in [5, 5.41) is 21.5. The van der Waals surface area contributed by atoms with Gasteiger partial charge < -0.3 is 15.1 Å². The third-order valence-corrected chi connectivity index (χ3v) is 7.98. The van der Waals surface area contributed by atoms with Gasteiger partial charge in [-0.1, -0.05) is 6.07 Å². The van der Waals surface area contributed by atoms with Crippen molar-refractivity contribution >= 4 is 34.9 Å². The summed E-state index contributed by atoms with van der Waals surface area (Å²) in [6.45, 7) is 3.18. The maximum atomic E-state index is 14.4. The summed E-state index contributed by atoms with van der Waals surface area (Å²) in [4.78, 5) is 43.2. The standard InChI is InChI=1S/C32H26F4N6O3/c1-31(2)29(44)42(24-12-8-20(16-37)26(15-24)32(34,35)36)30(45)41(31)18-21-5-9-22(33)14-27(21)39-23-10-6-19(7-11-23)28(43)40-13-3-4-25(40)17-38/h5-12,14-15,25,39H,3-4,13,18H2,1-2H3. The highest BCUT2D eigenvalue weighted by atomic mass is 19.4. The molecule has 2 saturated heterocycles. The maximum absolute atomic E-state index is 14.4. The van der Waals surface area contributed by atoms with E-state index in [1.807, 2.05) is 0 Å². The van der Waals surface area contributed by atoms with Crippen molar-refractivity contribution in [1.29, 1.82) is 10.5 Å². The van der Waals surface area contributed by atoms with Crippen LogP contribution in [0, 0.1) is 28.5 Å². The van der Waals surface area contributed by atoms with Crippen LogP contribution >= 0.6 is 0 Å². The molecule has 0 aromatic heterocycles. The van der Waals surface area contributed by atoms with Gasteiger partial charge in [-0.3, -0.25) is 9.59 Å². The highest BCUT2D eigenvalue weighted by Gasteiger charge is 2.52. The molecule has 0 bridgehead atoms. The lowest BCUT2D eigenvalue weighted by Gasteiger charge is -2.28. The van der Waals surface area contributed by atoms with Gasteiger partial charge in [-0.2, -0.15) is 23.7 Å². The molecule has 4 amide bonds. The second-order valence-electron chi connectivity index (χ2n) is 11.2. The first-order valence-corrected chi connectivity index (χ1v) is 13.9. The predicted molar refractivity (Wildman–Crippen MR) is 154 cm³/mol. The van der Waals surface area contributed by atoms with Crippen LogP contribution in [0.5, 0.6) is 0 Å². The highest BCUT2D eigenvalue weighted by Crippen LogP contribution is 2.39. The zero-order chi connectivity index (χ0) is 32.7. The molecule has 2 fully saturated rings. The number of nitrogens with one attached hydrogen (secondary N) is 1. The fourth-order valence-corrected chi connectivity index (χ4v) is 5.47. The smallest absolute Gasteiger partial charge is 0.355 e. The third kappa shape index (κ3) is 5.77. The van der Waals surface area contributed by atoms with Gasteiger partial charge in [0.15, 0.2) is 0 Å². The Kier molecular flexibility index (Phi) is 7.98. The molecule has 5 rings (SSSR count). The molecule has 1 atom stereocenters. The summed E-state index contributed by atoms with van der Waals surface area (Å²) in [5.41, 5.74) is -2.24. The molecule has 1 unspecified atom stereocenters. The number of carbonyl (C=O) groups excluding carboxylic acids is 3. The largest absolute Gasteiger partial charge is 0.417 e. The van der Waals surface area contributed by atoms with Crippen LogP contribution in [-0.4, -0.2) is 45.8 Å². The first kappa shape index (κ1) is 31.0. The molecule has 45 heavy (non-hydrogen) atoms. The van der Waals surface area contributed by atoms with Crippen molar-refractivity contribution in [2.75, 3.05) is 16.8 Å². The van der Waals surface area contributed by atoms with Gasteiger partial charge in [-0.15, -0.1) is 0 Å². The van der Waals surface area contributed by atoms with Crippen molar-refractivity contribution in [3.63, 3.8) is 0 Å². The SMILES string of the molecule is CC1(C)C(=O)N(c2ccc(C#N)c(C(F)(F)F)c2)C(=O)N1Cc1ccc(F)cc1Nc1ccc(C(=O)N2CCCC2C#N)cc1. The van der Waals surface area contributed by atoms with Crippen LogP contribution in [0.3, 0.4) is 0 Å². The number of urea groups is 1. The van der Waals surface area contributed by atoms with Crippen LogP contribution in [0.15, 0.2) is 60.7 Å². The van der Waals surface area contributed by atoms with E-state index < -0.39 is 46.6 Å². The second kappa shape index (κ2) is 11.6. The molecule has 0 saturated carbocycles. The van der Waals surface area contributed by atoms with Gasteiger partial charge in [-0.05, 0) is 86.8 Å². The number of hydrogen-bond acceptors (Lipinski definition) is 6. The third-order valence-electron chi connectivity index (χ3n) is 7.98. The number of imide groups is 1. The number of halogens is 4. The number of nitrogens with zero attached hydrogens (tertiary/aromatic N) is 5. The Bertz CT molecular complexity index is 1780. The summed E-state index contributed by atoms with van der Waals surface area (Å²) >= 11 is 0. The van der Waals surface area contributed by atoms with Crippen LogP contribution in [0.2, 0.25) is 0 Å². The van der Waals surface area contributed by atoms with E-state index in [1.165, 1.54) is 47.9 Å². The fraction of sp³-hybridized carbons (Fsp3) is 0.281. The van der Waals surface area contributed by atoms with Crippen molar-refractivity contribution in [2.45, 2.75) is 51.0 Å². The molecule has 0 spiro atoms. The molecule has 2 aliphatic rings. The van der Waals surface area contributed by atoms with Gasteiger partial charge in [0.1, 0.15) is 17.4 Å². The van der Waals surface area contributed by atoms with Crippen LogP contribution in [0.1, 0.15) is 53.7 Å². The Labute approximate surface area is 255 Å². The van der Waals surface area contributed by atoms with E-state index in [1.54, 1.807) is 24.3 Å². The second-order valence-corrected chi connectivity index (χ2v) is 11.2. The van der Waals surface area contributed by atoms with Crippen molar-refractivity contribution in [3.05, 3.63) is 88.7 Å². The lowest BCUT2D eigenvalue weighted by molar-refractivity contribution is -0.137. The van der Waals surface area contributed by atoms with Crippen molar-refractivity contribution in [2.24, 2.45) is 0 Å². The number of benzene rings is 3. The van der Waals surface area contributed by atoms with E-state index in [0.29, 0.717) is 40.7 Å². The topological polar surface area (TPSA) is 121 Å². The lowest BCUT2D eigenvalue weighted by atomic mass is 10.0.